The molecule has 6 heteroatoms. The van der Waals surface area contributed by atoms with E-state index >= 15 is 0 Å². The number of benzene rings is 1. The molecule has 0 saturated carbocycles. The molecule has 0 aliphatic carbocycles. The summed E-state index contributed by atoms with van der Waals surface area (Å²) >= 11 is 0. The van der Waals surface area contributed by atoms with E-state index in [0.717, 1.165) is 42.9 Å². The van der Waals surface area contributed by atoms with Gasteiger partial charge in [-0.2, -0.15) is 0 Å². The minimum Gasteiger partial charge on any atom is -0.359 e. The Bertz CT molecular complexity index is 767. The lowest BCUT2D eigenvalue weighted by Crippen LogP contribution is -2.29. The Hall–Kier alpha value is -2.47. The van der Waals surface area contributed by atoms with E-state index in [0.29, 0.717) is 12.3 Å². The van der Waals surface area contributed by atoms with Crippen molar-refractivity contribution in [3.8, 4) is 0 Å². The number of carbonyl (C=O) groups excluding carboxylic acids is 1. The first-order valence-corrected chi connectivity index (χ1v) is 8.35. The van der Waals surface area contributed by atoms with Crippen LogP contribution >= 0.6 is 0 Å². The molecule has 25 heavy (non-hydrogen) atoms. The first kappa shape index (κ1) is 17.4. The highest BCUT2D eigenvalue weighted by Gasteiger charge is 2.18. The summed E-state index contributed by atoms with van der Waals surface area (Å²) in [7, 11) is 1.73. The monoisotopic (exact) mass is 343 g/mol. The molecule has 2 heterocycles. The molecule has 0 unspecified atom stereocenters. The Kier molecular flexibility index (Phi) is 5.28. The molecule has 0 saturated heterocycles. The molecule has 0 bridgehead atoms. The van der Waals surface area contributed by atoms with Crippen LogP contribution in [0, 0.1) is 5.82 Å². The second-order valence-corrected chi connectivity index (χ2v) is 6.41. The van der Waals surface area contributed by atoms with Gasteiger partial charge in [-0.25, -0.2) is 4.39 Å². The fourth-order valence-electron chi connectivity index (χ4n) is 2.86. The third-order valence-electron chi connectivity index (χ3n) is 4.37. The van der Waals surface area contributed by atoms with Gasteiger partial charge >= 0.3 is 0 Å². The van der Waals surface area contributed by atoms with Gasteiger partial charge in [0.15, 0.2) is 5.76 Å². The second kappa shape index (κ2) is 7.61. The Morgan fingerprint density at radius 2 is 2.12 bits per heavy atom. The van der Waals surface area contributed by atoms with Crippen LogP contribution in [0.2, 0.25) is 0 Å². The Morgan fingerprint density at radius 3 is 2.84 bits per heavy atom. The molecule has 3 rings (SSSR count). The van der Waals surface area contributed by atoms with Crippen LogP contribution < -0.4 is 0 Å². The largest absolute Gasteiger partial charge is 0.359 e. The number of halogens is 1. The highest BCUT2D eigenvalue weighted by Crippen LogP contribution is 2.22. The van der Waals surface area contributed by atoms with Crippen LogP contribution in [0.4, 0.5) is 4.39 Å². The van der Waals surface area contributed by atoms with Crippen LogP contribution in [-0.2, 0) is 17.9 Å². The smallest absolute Gasteiger partial charge is 0.219 e. The highest BCUT2D eigenvalue weighted by molar-refractivity contribution is 5.72. The number of hydrogen-bond donors (Lipinski definition) is 0. The fraction of sp³-hybridized carbons (Fsp3) is 0.368. The molecule has 1 aromatic heterocycles. The van der Waals surface area contributed by atoms with Gasteiger partial charge in [0.05, 0.1) is 6.54 Å². The Morgan fingerprint density at radius 1 is 1.36 bits per heavy atom. The van der Waals surface area contributed by atoms with E-state index in [1.54, 1.807) is 11.9 Å². The van der Waals surface area contributed by atoms with Crippen molar-refractivity contribution in [3.63, 3.8) is 0 Å². The zero-order valence-corrected chi connectivity index (χ0v) is 14.5. The predicted octanol–water partition coefficient (Wildman–Crippen LogP) is 3.08. The third-order valence-corrected chi connectivity index (χ3v) is 4.37. The average molecular weight is 343 g/mol. The summed E-state index contributed by atoms with van der Waals surface area (Å²) < 4.78 is 18.4. The lowest BCUT2D eigenvalue weighted by atomic mass is 10.1. The van der Waals surface area contributed by atoms with Gasteiger partial charge in [-0.3, -0.25) is 9.69 Å². The Labute approximate surface area is 146 Å². The molecule has 0 radical (unpaired) electrons. The quantitative estimate of drug-likeness (QED) is 0.837. The first-order chi connectivity index (χ1) is 12.0. The third kappa shape index (κ3) is 4.54. The molecule has 0 atom stereocenters. The topological polar surface area (TPSA) is 49.6 Å². The molecular weight excluding hydrogens is 321 g/mol. The number of nitrogens with zero attached hydrogens (tertiary/aromatic N) is 3. The number of amides is 1. The van der Waals surface area contributed by atoms with Gasteiger partial charge in [0.25, 0.3) is 0 Å². The lowest BCUT2D eigenvalue weighted by molar-refractivity contribution is -0.128. The van der Waals surface area contributed by atoms with E-state index in [-0.39, 0.29) is 11.7 Å². The molecule has 1 aliphatic heterocycles. The minimum atomic E-state index is -0.214. The van der Waals surface area contributed by atoms with Crippen molar-refractivity contribution < 1.29 is 13.7 Å². The number of carbonyl (C=O) groups is 1. The van der Waals surface area contributed by atoms with Crippen molar-refractivity contribution in [1.82, 2.24) is 15.0 Å². The zero-order valence-electron chi connectivity index (χ0n) is 14.5. The van der Waals surface area contributed by atoms with E-state index in [4.69, 9.17) is 4.52 Å². The van der Waals surface area contributed by atoms with Crippen LogP contribution in [0.1, 0.15) is 30.4 Å². The van der Waals surface area contributed by atoms with Gasteiger partial charge < -0.3 is 9.42 Å². The summed E-state index contributed by atoms with van der Waals surface area (Å²) in [6, 6.07) is 8.52. The van der Waals surface area contributed by atoms with Crippen molar-refractivity contribution in [2.45, 2.75) is 26.4 Å². The summed E-state index contributed by atoms with van der Waals surface area (Å²) in [5, 5.41) is 4.15. The van der Waals surface area contributed by atoms with Crippen LogP contribution in [0.25, 0.3) is 5.57 Å². The second-order valence-electron chi connectivity index (χ2n) is 6.41. The van der Waals surface area contributed by atoms with Crippen molar-refractivity contribution in [3.05, 3.63) is 59.2 Å². The molecule has 5 nitrogen and oxygen atoms in total. The average Bonchev–Trinajstić information content (AvgIpc) is 3.06. The maximum Gasteiger partial charge on any atom is 0.219 e. The minimum absolute atomic E-state index is 0.0136. The zero-order chi connectivity index (χ0) is 17.8. The number of aromatic nitrogens is 1. The van der Waals surface area contributed by atoms with Crippen LogP contribution in [0.15, 0.2) is 40.9 Å². The van der Waals surface area contributed by atoms with Gasteiger partial charge in [-0.15, -0.1) is 0 Å². The van der Waals surface area contributed by atoms with Crippen LogP contribution in [0.5, 0.6) is 0 Å². The van der Waals surface area contributed by atoms with E-state index in [1.807, 2.05) is 18.2 Å². The molecular formula is C19H22FN3O2. The van der Waals surface area contributed by atoms with Crippen molar-refractivity contribution in [1.29, 1.82) is 0 Å². The standard InChI is InChI=1S/C19H22FN3O2/c1-14(24)22(2)13-18-10-19(21-25-18)16-4-3-9-23(12-16)11-15-5-7-17(20)8-6-15/h4-8,10H,3,9,11-13H2,1-2H3. The van der Waals surface area contributed by atoms with E-state index in [2.05, 4.69) is 16.1 Å². The molecule has 132 valence electrons. The molecule has 0 N–H and O–H groups in total. The molecule has 0 spiro atoms. The molecule has 0 fully saturated rings. The maximum absolute atomic E-state index is 13.0. The normalized spacial score (nSPS) is 15.1. The van der Waals surface area contributed by atoms with Crippen molar-refractivity contribution in [2.24, 2.45) is 0 Å². The lowest BCUT2D eigenvalue weighted by Gasteiger charge is -2.26. The fourth-order valence-corrected chi connectivity index (χ4v) is 2.86. The van der Waals surface area contributed by atoms with Crippen LogP contribution in [0.3, 0.4) is 0 Å². The van der Waals surface area contributed by atoms with Gasteiger partial charge in [0.2, 0.25) is 5.91 Å². The Balaban J connectivity index is 1.63. The van der Waals surface area contributed by atoms with Crippen LogP contribution in [-0.4, -0.2) is 41.0 Å². The van der Waals surface area contributed by atoms with Crippen molar-refractivity contribution in [2.75, 3.05) is 20.1 Å². The van der Waals surface area contributed by atoms with Gasteiger partial charge in [0.1, 0.15) is 11.5 Å². The molecule has 1 aliphatic rings. The summed E-state index contributed by atoms with van der Waals surface area (Å²) in [5.74, 6) is 0.443. The molecule has 1 aromatic carbocycles. The van der Waals surface area contributed by atoms with Gasteiger partial charge in [-0.1, -0.05) is 23.4 Å². The van der Waals surface area contributed by atoms with E-state index in [1.165, 1.54) is 19.1 Å². The highest BCUT2D eigenvalue weighted by atomic mass is 19.1. The van der Waals surface area contributed by atoms with Gasteiger partial charge in [0, 0.05) is 39.7 Å². The van der Waals surface area contributed by atoms with E-state index in [9.17, 15) is 9.18 Å². The molecule has 1 amide bonds. The predicted molar refractivity (Wildman–Crippen MR) is 92.9 cm³/mol. The molecule has 2 aromatic rings. The number of hydrogen-bond acceptors (Lipinski definition) is 4. The summed E-state index contributed by atoms with van der Waals surface area (Å²) in [6.45, 7) is 4.43. The first-order valence-electron chi connectivity index (χ1n) is 8.35. The number of rotatable bonds is 5. The maximum atomic E-state index is 13.0. The summed E-state index contributed by atoms with van der Waals surface area (Å²) in [4.78, 5) is 15.2. The van der Waals surface area contributed by atoms with E-state index < -0.39 is 0 Å². The summed E-state index contributed by atoms with van der Waals surface area (Å²) in [6.07, 6.45) is 3.11. The SMILES string of the molecule is CC(=O)N(C)Cc1cc(C2=CCCN(Cc3ccc(F)cc3)C2)no1. The summed E-state index contributed by atoms with van der Waals surface area (Å²) in [5.41, 5.74) is 3.02. The van der Waals surface area contributed by atoms with Crippen molar-refractivity contribution >= 4 is 11.5 Å². The van der Waals surface area contributed by atoms with Gasteiger partial charge in [-0.05, 0) is 29.7 Å².